The minimum absolute atomic E-state index is 0.116. The lowest BCUT2D eigenvalue weighted by Gasteiger charge is -2.14. The second-order valence-electron chi connectivity index (χ2n) is 2.57. The summed E-state index contributed by atoms with van der Waals surface area (Å²) in [4.78, 5) is 3.77. The van der Waals surface area contributed by atoms with Gasteiger partial charge in [-0.3, -0.25) is 0 Å². The Labute approximate surface area is 96.9 Å². The van der Waals surface area contributed by atoms with Gasteiger partial charge in [-0.05, 0) is 22.6 Å². The molecule has 0 saturated carbocycles. The number of nitrogen functional groups attached to an aromatic ring is 1. The molecular weight excluding hydrogens is 326 g/mol. The number of hydrogen-bond donors (Lipinski definition) is 2. The molecule has 1 aromatic heterocycles. The van der Waals surface area contributed by atoms with E-state index >= 15 is 0 Å². The molecule has 4 N–H and O–H groups in total. The van der Waals surface area contributed by atoms with E-state index in [1.54, 1.807) is 22.6 Å². The van der Waals surface area contributed by atoms with Crippen molar-refractivity contribution in [2.45, 2.75) is 12.9 Å². The van der Waals surface area contributed by atoms with Crippen LogP contribution >= 0.6 is 22.6 Å². The average Bonchev–Trinajstić information content (AvgIpc) is 2.11. The van der Waals surface area contributed by atoms with Crippen LogP contribution in [0.25, 0.3) is 0 Å². The summed E-state index contributed by atoms with van der Waals surface area (Å²) in [6.07, 6.45) is -3.58. The number of anilines is 1. The Bertz CT molecular complexity index is 369. The third-order valence-corrected chi connectivity index (χ3v) is 2.39. The third kappa shape index (κ3) is 3.09. The maximum atomic E-state index is 12.0. The summed E-state index contributed by atoms with van der Waals surface area (Å²) in [6.45, 7) is -0.125. The second kappa shape index (κ2) is 4.39. The first kappa shape index (κ1) is 12.3. The first-order chi connectivity index (χ1) is 6.85. The van der Waals surface area contributed by atoms with Gasteiger partial charge in [0.2, 0.25) is 0 Å². The molecule has 0 unspecified atom stereocenters. The lowest BCUT2D eigenvalue weighted by Crippen LogP contribution is -2.20. The molecule has 0 aliphatic rings. The van der Waals surface area contributed by atoms with Crippen molar-refractivity contribution < 1.29 is 17.9 Å². The van der Waals surface area contributed by atoms with E-state index in [-0.39, 0.29) is 21.5 Å². The number of nitrogens with two attached hydrogens (primary N) is 2. The summed E-state index contributed by atoms with van der Waals surface area (Å²) in [5.74, 6) is -0.468. The van der Waals surface area contributed by atoms with Crippen LogP contribution in [0.15, 0.2) is 6.20 Å². The van der Waals surface area contributed by atoms with Crippen LogP contribution in [-0.2, 0) is 6.54 Å². The minimum Gasteiger partial charge on any atom is -0.403 e. The van der Waals surface area contributed by atoms with E-state index < -0.39 is 12.1 Å². The lowest BCUT2D eigenvalue weighted by molar-refractivity contribution is -0.274. The molecule has 0 radical (unpaired) electrons. The van der Waals surface area contributed by atoms with Crippen LogP contribution in [0.2, 0.25) is 0 Å². The summed E-state index contributed by atoms with van der Waals surface area (Å²) >= 11 is 1.71. The zero-order valence-corrected chi connectivity index (χ0v) is 9.46. The van der Waals surface area contributed by atoms with Gasteiger partial charge in [0.15, 0.2) is 5.75 Å². The van der Waals surface area contributed by atoms with Gasteiger partial charge in [-0.1, -0.05) is 0 Å². The summed E-state index contributed by atoms with van der Waals surface area (Å²) in [5.41, 5.74) is 10.6. The van der Waals surface area contributed by atoms with Gasteiger partial charge in [-0.15, -0.1) is 13.2 Å². The summed E-state index contributed by atoms with van der Waals surface area (Å²) in [7, 11) is 0. The van der Waals surface area contributed by atoms with Gasteiger partial charge in [0.1, 0.15) is 9.39 Å². The molecule has 0 saturated heterocycles. The van der Waals surface area contributed by atoms with Crippen molar-refractivity contribution in [1.82, 2.24) is 4.98 Å². The van der Waals surface area contributed by atoms with Crippen LogP contribution in [0.5, 0.6) is 5.75 Å². The monoisotopic (exact) mass is 333 g/mol. The van der Waals surface area contributed by atoms with E-state index in [1.165, 1.54) is 6.20 Å². The fourth-order valence-electron chi connectivity index (χ4n) is 0.911. The van der Waals surface area contributed by atoms with Crippen LogP contribution in [0.1, 0.15) is 5.56 Å². The molecule has 84 valence electrons. The average molecular weight is 333 g/mol. The molecule has 1 heterocycles. The molecule has 0 fully saturated rings. The van der Waals surface area contributed by atoms with Crippen LogP contribution < -0.4 is 16.2 Å². The van der Waals surface area contributed by atoms with E-state index in [0.29, 0.717) is 0 Å². The predicted octanol–water partition coefficient (Wildman–Crippen LogP) is 1.63. The van der Waals surface area contributed by atoms with E-state index in [0.717, 1.165) is 0 Å². The van der Waals surface area contributed by atoms with Gasteiger partial charge in [-0.2, -0.15) is 0 Å². The zero-order valence-electron chi connectivity index (χ0n) is 7.31. The minimum atomic E-state index is -4.79. The Morgan fingerprint density at radius 1 is 1.47 bits per heavy atom. The molecule has 8 heteroatoms. The highest BCUT2D eigenvalue weighted by Gasteiger charge is 2.33. The van der Waals surface area contributed by atoms with Gasteiger partial charge in [-0.25, -0.2) is 4.98 Å². The van der Waals surface area contributed by atoms with Gasteiger partial charge >= 0.3 is 6.36 Å². The van der Waals surface area contributed by atoms with Crippen LogP contribution in [0.4, 0.5) is 18.9 Å². The number of hydrogen-bond acceptors (Lipinski definition) is 4. The van der Waals surface area contributed by atoms with E-state index in [4.69, 9.17) is 11.5 Å². The smallest absolute Gasteiger partial charge is 0.403 e. The highest BCUT2D eigenvalue weighted by molar-refractivity contribution is 14.1. The Morgan fingerprint density at radius 2 is 2.07 bits per heavy atom. The van der Waals surface area contributed by atoms with Crippen LogP contribution in [0.3, 0.4) is 0 Å². The summed E-state index contributed by atoms with van der Waals surface area (Å²) < 4.78 is 40.1. The molecule has 1 rings (SSSR count). The lowest BCUT2D eigenvalue weighted by atomic mass is 10.2. The van der Waals surface area contributed by atoms with E-state index in [2.05, 4.69) is 9.72 Å². The van der Waals surface area contributed by atoms with Gasteiger partial charge in [0, 0.05) is 18.3 Å². The molecule has 0 bridgehead atoms. The Kier molecular flexibility index (Phi) is 3.60. The number of alkyl halides is 3. The Morgan fingerprint density at radius 3 is 2.53 bits per heavy atom. The molecule has 4 nitrogen and oxygen atoms in total. The van der Waals surface area contributed by atoms with Gasteiger partial charge in [0.25, 0.3) is 0 Å². The zero-order chi connectivity index (χ0) is 11.6. The molecule has 0 atom stereocenters. The van der Waals surface area contributed by atoms with Gasteiger partial charge < -0.3 is 16.2 Å². The predicted molar refractivity (Wildman–Crippen MR) is 55.9 cm³/mol. The van der Waals surface area contributed by atoms with Crippen molar-refractivity contribution in [3.05, 3.63) is 15.5 Å². The quantitative estimate of drug-likeness (QED) is 0.637. The number of aromatic nitrogens is 1. The number of nitrogens with zero attached hydrogens (tertiary/aromatic N) is 1. The number of ether oxygens (including phenoxy) is 1. The third-order valence-electron chi connectivity index (χ3n) is 1.53. The topological polar surface area (TPSA) is 74.2 Å². The Balaban J connectivity index is 3.18. The van der Waals surface area contributed by atoms with Gasteiger partial charge in [0.05, 0.1) is 0 Å². The maximum Gasteiger partial charge on any atom is 0.573 e. The van der Waals surface area contributed by atoms with Crippen molar-refractivity contribution >= 4 is 28.3 Å². The molecule has 0 spiro atoms. The first-order valence-corrected chi connectivity index (χ1v) is 4.81. The van der Waals surface area contributed by atoms with Crippen molar-refractivity contribution in [3.63, 3.8) is 0 Å². The van der Waals surface area contributed by atoms with Crippen LogP contribution in [-0.4, -0.2) is 11.3 Å². The Hall–Kier alpha value is -0.770. The fraction of sp³-hybridized carbons (Fsp3) is 0.286. The van der Waals surface area contributed by atoms with Crippen molar-refractivity contribution in [3.8, 4) is 5.75 Å². The highest BCUT2D eigenvalue weighted by atomic mass is 127. The molecule has 0 aliphatic carbocycles. The maximum absolute atomic E-state index is 12.0. The van der Waals surface area contributed by atoms with E-state index in [1.807, 2.05) is 0 Å². The fourth-order valence-corrected chi connectivity index (χ4v) is 1.30. The molecule has 0 aromatic carbocycles. The normalized spacial score (nSPS) is 11.5. The summed E-state index contributed by atoms with van der Waals surface area (Å²) in [5, 5.41) is 0. The molecule has 0 aliphatic heterocycles. The number of halogens is 4. The molecule has 0 amide bonds. The largest absolute Gasteiger partial charge is 0.573 e. The van der Waals surface area contributed by atoms with Crippen molar-refractivity contribution in [1.29, 1.82) is 0 Å². The standard InChI is InChI=1S/C7H7F3IN3O/c8-7(9,10)15-5-3(1-12)2-14-6(11)4(5)13/h2H,1,12-13H2. The first-order valence-electron chi connectivity index (χ1n) is 3.74. The molecular formula is C7H7F3IN3O. The molecule has 15 heavy (non-hydrogen) atoms. The SMILES string of the molecule is NCc1cnc(I)c(N)c1OC(F)(F)F. The van der Waals surface area contributed by atoms with Crippen molar-refractivity contribution in [2.75, 3.05) is 5.73 Å². The van der Waals surface area contributed by atoms with Crippen molar-refractivity contribution in [2.24, 2.45) is 5.73 Å². The number of rotatable bonds is 2. The second-order valence-corrected chi connectivity index (χ2v) is 3.59. The number of pyridine rings is 1. The molecule has 1 aromatic rings. The van der Waals surface area contributed by atoms with E-state index in [9.17, 15) is 13.2 Å². The highest BCUT2D eigenvalue weighted by Crippen LogP contribution is 2.33. The van der Waals surface area contributed by atoms with Crippen LogP contribution in [0, 0.1) is 3.70 Å². The summed E-state index contributed by atoms with van der Waals surface area (Å²) in [6, 6.07) is 0.